The molecule has 0 bridgehead atoms. The number of carbonyl (C=O) groups is 1. The Morgan fingerprint density at radius 2 is 1.68 bits per heavy atom. The lowest BCUT2D eigenvalue weighted by Crippen LogP contribution is -2.36. The number of hydrogen-bond donors (Lipinski definition) is 2. The van der Waals surface area contributed by atoms with Gasteiger partial charge in [0.25, 0.3) is 0 Å². The van der Waals surface area contributed by atoms with Crippen LogP contribution in [-0.2, 0) is 16.1 Å². The van der Waals surface area contributed by atoms with E-state index < -0.39 is 0 Å². The normalized spacial score (nSPS) is 15.5. The van der Waals surface area contributed by atoms with Crippen molar-refractivity contribution in [1.29, 1.82) is 0 Å². The van der Waals surface area contributed by atoms with Crippen molar-refractivity contribution in [2.75, 3.05) is 41.8 Å². The van der Waals surface area contributed by atoms with Crippen LogP contribution in [-0.4, -0.2) is 42.2 Å². The van der Waals surface area contributed by atoms with Gasteiger partial charge in [0.15, 0.2) is 0 Å². The van der Waals surface area contributed by atoms with Gasteiger partial charge < -0.3 is 25.0 Å². The van der Waals surface area contributed by atoms with Gasteiger partial charge in [0.05, 0.1) is 24.6 Å². The summed E-state index contributed by atoms with van der Waals surface area (Å²) in [5, 5.41) is 6.40. The molecule has 8 nitrogen and oxygen atoms in total. The van der Waals surface area contributed by atoms with E-state index >= 15 is 0 Å². The molecule has 41 heavy (non-hydrogen) atoms. The van der Waals surface area contributed by atoms with Gasteiger partial charge >= 0.3 is 0 Å². The first-order chi connectivity index (χ1) is 20.2. The number of ether oxygens (including phenoxy) is 2. The monoisotopic (exact) mass is 549 g/mol. The first-order valence-electron chi connectivity index (χ1n) is 14.4. The summed E-state index contributed by atoms with van der Waals surface area (Å²) in [7, 11) is 0. The van der Waals surface area contributed by atoms with Gasteiger partial charge in [0.1, 0.15) is 12.4 Å². The lowest BCUT2D eigenvalue weighted by atomic mass is 10.1. The highest BCUT2D eigenvalue weighted by molar-refractivity contribution is 5.92. The van der Waals surface area contributed by atoms with E-state index in [0.29, 0.717) is 25.8 Å². The molecule has 0 radical (unpaired) electrons. The largest absolute Gasteiger partial charge is 0.487 e. The molecule has 0 unspecified atom stereocenters. The zero-order valence-corrected chi connectivity index (χ0v) is 23.1. The average Bonchev–Trinajstić information content (AvgIpc) is 3.57. The molecule has 6 rings (SSSR count). The first-order valence-corrected chi connectivity index (χ1v) is 14.4. The molecule has 0 atom stereocenters. The van der Waals surface area contributed by atoms with Crippen molar-refractivity contribution in [2.24, 2.45) is 5.92 Å². The number of rotatable bonds is 9. The van der Waals surface area contributed by atoms with Crippen LogP contribution in [0.25, 0.3) is 11.3 Å². The predicted octanol–water partition coefficient (Wildman–Crippen LogP) is 6.43. The molecule has 1 amide bonds. The SMILES string of the molecule is O=C(Nc1ccc(-c2ccnc(Nc3ccc(N4CCOCC4)c(OCc4ccccc4)c3)n2)cc1)C1CCCC1. The third-order valence-electron chi connectivity index (χ3n) is 7.63. The van der Waals surface area contributed by atoms with Gasteiger partial charge in [-0.05, 0) is 48.7 Å². The summed E-state index contributed by atoms with van der Waals surface area (Å²) in [6.07, 6.45) is 5.99. The number of hydrogen-bond acceptors (Lipinski definition) is 7. The second-order valence-electron chi connectivity index (χ2n) is 10.5. The molecule has 1 aliphatic carbocycles. The third-order valence-corrected chi connectivity index (χ3v) is 7.63. The van der Waals surface area contributed by atoms with Crippen molar-refractivity contribution in [2.45, 2.75) is 32.3 Å². The van der Waals surface area contributed by atoms with Gasteiger partial charge in [0, 0.05) is 48.2 Å². The zero-order valence-electron chi connectivity index (χ0n) is 23.1. The Labute approximate surface area is 240 Å². The Morgan fingerprint density at radius 3 is 2.46 bits per heavy atom. The quantitative estimate of drug-likeness (QED) is 0.249. The van der Waals surface area contributed by atoms with Crippen LogP contribution >= 0.6 is 0 Å². The summed E-state index contributed by atoms with van der Waals surface area (Å²) in [6.45, 7) is 3.52. The maximum absolute atomic E-state index is 12.5. The second kappa shape index (κ2) is 12.8. The number of anilines is 4. The Hall–Kier alpha value is -4.43. The number of carbonyl (C=O) groups excluding carboxylic acids is 1. The van der Waals surface area contributed by atoms with E-state index in [1.54, 1.807) is 6.20 Å². The van der Waals surface area contributed by atoms with Crippen LogP contribution in [0.5, 0.6) is 5.75 Å². The van der Waals surface area contributed by atoms with Gasteiger partial charge in [-0.3, -0.25) is 4.79 Å². The third kappa shape index (κ3) is 6.84. The number of morpholine rings is 1. The average molecular weight is 550 g/mol. The fourth-order valence-electron chi connectivity index (χ4n) is 5.37. The molecule has 8 heteroatoms. The van der Waals surface area contributed by atoms with Gasteiger partial charge in [0.2, 0.25) is 11.9 Å². The fraction of sp³-hybridized carbons (Fsp3) is 0.303. The highest BCUT2D eigenvalue weighted by Gasteiger charge is 2.22. The van der Waals surface area contributed by atoms with Crippen molar-refractivity contribution in [3.8, 4) is 17.0 Å². The molecule has 1 aromatic heterocycles. The predicted molar refractivity (Wildman–Crippen MR) is 162 cm³/mol. The summed E-state index contributed by atoms with van der Waals surface area (Å²) in [6, 6.07) is 26.0. The fourth-order valence-corrected chi connectivity index (χ4v) is 5.37. The van der Waals surface area contributed by atoms with Crippen LogP contribution in [0.1, 0.15) is 31.2 Å². The number of benzene rings is 3. The minimum absolute atomic E-state index is 0.121. The molecule has 2 N–H and O–H groups in total. The van der Waals surface area contributed by atoms with Crippen molar-refractivity contribution in [3.63, 3.8) is 0 Å². The van der Waals surface area contributed by atoms with Gasteiger partial charge in [-0.15, -0.1) is 0 Å². The lowest BCUT2D eigenvalue weighted by Gasteiger charge is -2.30. The highest BCUT2D eigenvalue weighted by Crippen LogP contribution is 2.34. The number of nitrogens with zero attached hydrogens (tertiary/aromatic N) is 3. The van der Waals surface area contributed by atoms with Crippen LogP contribution in [0.2, 0.25) is 0 Å². The first kappa shape index (κ1) is 26.8. The minimum atomic E-state index is 0.121. The molecule has 1 saturated heterocycles. The summed E-state index contributed by atoms with van der Waals surface area (Å²) in [5.74, 6) is 1.55. The van der Waals surface area contributed by atoms with E-state index in [4.69, 9.17) is 14.5 Å². The summed E-state index contributed by atoms with van der Waals surface area (Å²) in [4.78, 5) is 24.0. The number of nitrogens with one attached hydrogen (secondary N) is 2. The second-order valence-corrected chi connectivity index (χ2v) is 10.5. The molecule has 4 aromatic rings. The summed E-state index contributed by atoms with van der Waals surface area (Å²) < 4.78 is 11.9. The Bertz CT molecular complexity index is 1450. The number of aromatic nitrogens is 2. The van der Waals surface area contributed by atoms with Crippen molar-refractivity contribution in [1.82, 2.24) is 9.97 Å². The van der Waals surface area contributed by atoms with Crippen LogP contribution in [0.15, 0.2) is 85.1 Å². The summed E-state index contributed by atoms with van der Waals surface area (Å²) in [5.41, 5.74) is 5.54. The maximum Gasteiger partial charge on any atom is 0.227 e. The van der Waals surface area contributed by atoms with Crippen LogP contribution < -0.4 is 20.3 Å². The van der Waals surface area contributed by atoms with E-state index in [1.165, 1.54) is 0 Å². The van der Waals surface area contributed by atoms with Crippen LogP contribution in [0.3, 0.4) is 0 Å². The van der Waals surface area contributed by atoms with E-state index in [9.17, 15) is 4.79 Å². The molecule has 1 saturated carbocycles. The van der Waals surface area contributed by atoms with E-state index in [0.717, 1.165) is 78.4 Å². The highest BCUT2D eigenvalue weighted by atomic mass is 16.5. The molecule has 210 valence electrons. The van der Waals surface area contributed by atoms with Gasteiger partial charge in [-0.25, -0.2) is 9.97 Å². The molecular weight excluding hydrogens is 514 g/mol. The minimum Gasteiger partial charge on any atom is -0.487 e. The van der Waals surface area contributed by atoms with Crippen molar-refractivity contribution < 1.29 is 14.3 Å². The Balaban J connectivity index is 1.17. The molecule has 1 aliphatic heterocycles. The van der Waals surface area contributed by atoms with Crippen molar-refractivity contribution in [3.05, 3.63) is 90.6 Å². The van der Waals surface area contributed by atoms with E-state index in [2.05, 4.69) is 38.7 Å². The van der Waals surface area contributed by atoms with E-state index in [1.807, 2.05) is 60.7 Å². The zero-order chi connectivity index (χ0) is 27.9. The smallest absolute Gasteiger partial charge is 0.227 e. The van der Waals surface area contributed by atoms with Crippen LogP contribution in [0.4, 0.5) is 23.0 Å². The maximum atomic E-state index is 12.5. The standard InChI is InChI=1S/C33H35N5O3/c39-32(26-8-4-5-9-26)35-27-12-10-25(11-13-27)29-16-17-34-33(37-29)36-28-14-15-30(38-18-20-40-21-19-38)31(22-28)41-23-24-6-2-1-3-7-24/h1-3,6-7,10-17,22,26H,4-5,8-9,18-21,23H2,(H,35,39)(H,34,36,37). The van der Waals surface area contributed by atoms with Gasteiger partial charge in [-0.2, -0.15) is 0 Å². The number of amides is 1. The lowest BCUT2D eigenvalue weighted by molar-refractivity contribution is -0.119. The molecule has 0 spiro atoms. The molecule has 3 aromatic carbocycles. The van der Waals surface area contributed by atoms with Crippen molar-refractivity contribution >= 4 is 28.9 Å². The molecule has 2 heterocycles. The topological polar surface area (TPSA) is 88.6 Å². The Morgan fingerprint density at radius 1 is 0.927 bits per heavy atom. The summed E-state index contributed by atoms with van der Waals surface area (Å²) >= 11 is 0. The van der Waals surface area contributed by atoms with E-state index in [-0.39, 0.29) is 11.8 Å². The molecule has 2 fully saturated rings. The Kier molecular flexibility index (Phi) is 8.38. The van der Waals surface area contributed by atoms with Crippen LogP contribution in [0, 0.1) is 5.92 Å². The molecular formula is C33H35N5O3. The van der Waals surface area contributed by atoms with Gasteiger partial charge in [-0.1, -0.05) is 55.3 Å². The molecule has 2 aliphatic rings.